The van der Waals surface area contributed by atoms with Gasteiger partial charge in [0.2, 0.25) is 0 Å². The Morgan fingerprint density at radius 3 is 2.50 bits per heavy atom. The standard InChI is InChI=1S/C14H22N2/c1-16(14-10-6-3-7-11-14)12-15-13-8-4-2-5-9-13/h2,4-5,8-9,14-15H,3,6-7,10-12H2,1H3. The van der Waals surface area contributed by atoms with Crippen LogP contribution in [0.4, 0.5) is 5.69 Å². The van der Waals surface area contributed by atoms with Crippen LogP contribution in [0.1, 0.15) is 32.1 Å². The number of hydrogen-bond donors (Lipinski definition) is 1. The molecule has 0 amide bonds. The van der Waals surface area contributed by atoms with Crippen LogP contribution in [0.25, 0.3) is 0 Å². The van der Waals surface area contributed by atoms with Crippen molar-refractivity contribution < 1.29 is 0 Å². The van der Waals surface area contributed by atoms with Crippen molar-refractivity contribution in [3.8, 4) is 0 Å². The van der Waals surface area contributed by atoms with Gasteiger partial charge in [0.25, 0.3) is 0 Å². The van der Waals surface area contributed by atoms with Gasteiger partial charge < -0.3 is 5.32 Å². The Balaban J connectivity index is 1.76. The first-order chi connectivity index (χ1) is 7.86. The van der Waals surface area contributed by atoms with E-state index in [9.17, 15) is 0 Å². The molecule has 0 aliphatic heterocycles. The molecule has 1 aromatic carbocycles. The van der Waals surface area contributed by atoms with Crippen LogP contribution in [-0.4, -0.2) is 24.7 Å². The monoisotopic (exact) mass is 218 g/mol. The molecule has 1 saturated carbocycles. The summed E-state index contributed by atoms with van der Waals surface area (Å²) in [4.78, 5) is 2.45. The average Bonchev–Trinajstić information content (AvgIpc) is 2.38. The van der Waals surface area contributed by atoms with Gasteiger partial charge in [-0.15, -0.1) is 0 Å². The fourth-order valence-corrected chi connectivity index (χ4v) is 2.42. The van der Waals surface area contributed by atoms with Gasteiger partial charge in [-0.25, -0.2) is 0 Å². The quantitative estimate of drug-likeness (QED) is 0.780. The van der Waals surface area contributed by atoms with Crippen molar-refractivity contribution in [3.05, 3.63) is 30.3 Å². The molecule has 1 aliphatic carbocycles. The van der Waals surface area contributed by atoms with E-state index in [4.69, 9.17) is 0 Å². The molecule has 16 heavy (non-hydrogen) atoms. The Kier molecular flexibility index (Phi) is 4.23. The van der Waals surface area contributed by atoms with Crippen molar-refractivity contribution in [1.82, 2.24) is 4.90 Å². The average molecular weight is 218 g/mol. The summed E-state index contributed by atoms with van der Waals surface area (Å²) in [6.07, 6.45) is 6.97. The van der Waals surface area contributed by atoms with Gasteiger partial charge in [-0.1, -0.05) is 37.5 Å². The Hall–Kier alpha value is -1.02. The first-order valence-electron chi connectivity index (χ1n) is 6.35. The lowest BCUT2D eigenvalue weighted by Gasteiger charge is -2.31. The number of rotatable bonds is 4. The SMILES string of the molecule is CN(CNc1ccccc1)C1CCCCC1. The zero-order valence-corrected chi connectivity index (χ0v) is 10.2. The van der Waals surface area contributed by atoms with Gasteiger partial charge in [0, 0.05) is 11.7 Å². The van der Waals surface area contributed by atoms with Crippen LogP contribution in [-0.2, 0) is 0 Å². The normalized spacial score (nSPS) is 17.6. The Bertz CT molecular complexity index is 291. The van der Waals surface area contributed by atoms with Crippen LogP contribution >= 0.6 is 0 Å². The van der Waals surface area contributed by atoms with Crippen LogP contribution < -0.4 is 5.32 Å². The third-order valence-corrected chi connectivity index (χ3v) is 3.50. The highest BCUT2D eigenvalue weighted by atomic mass is 15.2. The maximum atomic E-state index is 3.47. The summed E-state index contributed by atoms with van der Waals surface area (Å²) in [7, 11) is 2.23. The van der Waals surface area contributed by atoms with E-state index < -0.39 is 0 Å². The van der Waals surface area contributed by atoms with E-state index in [0.717, 1.165) is 12.7 Å². The van der Waals surface area contributed by atoms with E-state index in [1.807, 2.05) is 0 Å². The molecule has 1 fully saturated rings. The largest absolute Gasteiger partial charge is 0.372 e. The number of benzene rings is 1. The molecular weight excluding hydrogens is 196 g/mol. The molecule has 1 N–H and O–H groups in total. The van der Waals surface area contributed by atoms with Crippen molar-refractivity contribution in [1.29, 1.82) is 0 Å². The van der Waals surface area contributed by atoms with Crippen LogP contribution in [0.2, 0.25) is 0 Å². The Morgan fingerprint density at radius 1 is 1.12 bits per heavy atom. The summed E-state index contributed by atoms with van der Waals surface area (Å²) in [5.41, 5.74) is 1.21. The molecular formula is C14H22N2. The molecule has 0 saturated heterocycles. The second-order valence-electron chi connectivity index (χ2n) is 4.75. The fraction of sp³-hybridized carbons (Fsp3) is 0.571. The molecule has 0 bridgehead atoms. The summed E-state index contributed by atoms with van der Waals surface area (Å²) in [5, 5.41) is 3.47. The third kappa shape index (κ3) is 3.24. The highest BCUT2D eigenvalue weighted by Gasteiger charge is 2.17. The molecule has 0 heterocycles. The number of para-hydroxylation sites is 1. The lowest BCUT2D eigenvalue weighted by Crippen LogP contribution is -2.36. The third-order valence-electron chi connectivity index (χ3n) is 3.50. The molecule has 0 unspecified atom stereocenters. The Labute approximate surface area is 98.7 Å². The van der Waals surface area contributed by atoms with E-state index in [1.165, 1.54) is 37.8 Å². The minimum atomic E-state index is 0.782. The van der Waals surface area contributed by atoms with Crippen LogP contribution in [0.15, 0.2) is 30.3 Å². The lowest BCUT2D eigenvalue weighted by molar-refractivity contribution is 0.203. The summed E-state index contributed by atoms with van der Waals surface area (Å²) >= 11 is 0. The van der Waals surface area contributed by atoms with Crippen molar-refractivity contribution in [2.45, 2.75) is 38.1 Å². The minimum absolute atomic E-state index is 0.782. The van der Waals surface area contributed by atoms with E-state index in [-0.39, 0.29) is 0 Å². The van der Waals surface area contributed by atoms with Crippen LogP contribution in [0.3, 0.4) is 0 Å². The Morgan fingerprint density at radius 2 is 1.81 bits per heavy atom. The molecule has 0 radical (unpaired) electrons. The van der Waals surface area contributed by atoms with Crippen LogP contribution in [0.5, 0.6) is 0 Å². The molecule has 0 aromatic heterocycles. The van der Waals surface area contributed by atoms with E-state index >= 15 is 0 Å². The van der Waals surface area contributed by atoms with E-state index in [2.05, 4.69) is 47.6 Å². The van der Waals surface area contributed by atoms with Crippen molar-refractivity contribution >= 4 is 5.69 Å². The lowest BCUT2D eigenvalue weighted by atomic mass is 9.95. The number of hydrogen-bond acceptors (Lipinski definition) is 2. The molecule has 0 atom stereocenters. The van der Waals surface area contributed by atoms with Gasteiger partial charge in [0.05, 0.1) is 6.67 Å². The molecule has 1 aliphatic rings. The minimum Gasteiger partial charge on any atom is -0.372 e. The highest BCUT2D eigenvalue weighted by molar-refractivity contribution is 5.42. The zero-order chi connectivity index (χ0) is 11.2. The molecule has 2 rings (SSSR count). The van der Waals surface area contributed by atoms with Crippen LogP contribution in [0, 0.1) is 0 Å². The molecule has 2 heteroatoms. The zero-order valence-electron chi connectivity index (χ0n) is 10.2. The predicted octanol–water partition coefficient (Wildman–Crippen LogP) is 3.32. The van der Waals surface area contributed by atoms with Gasteiger partial charge >= 0.3 is 0 Å². The van der Waals surface area contributed by atoms with E-state index in [0.29, 0.717) is 0 Å². The number of nitrogens with one attached hydrogen (secondary N) is 1. The molecule has 0 spiro atoms. The maximum absolute atomic E-state index is 3.47. The predicted molar refractivity (Wildman–Crippen MR) is 69.6 cm³/mol. The van der Waals surface area contributed by atoms with E-state index in [1.54, 1.807) is 0 Å². The summed E-state index contributed by atoms with van der Waals surface area (Å²) in [5.74, 6) is 0. The van der Waals surface area contributed by atoms with Gasteiger partial charge in [0.1, 0.15) is 0 Å². The summed E-state index contributed by atoms with van der Waals surface area (Å²) < 4.78 is 0. The number of nitrogens with zero attached hydrogens (tertiary/aromatic N) is 1. The number of anilines is 1. The molecule has 88 valence electrons. The second kappa shape index (κ2) is 5.90. The smallest absolute Gasteiger partial charge is 0.0678 e. The summed E-state index contributed by atoms with van der Waals surface area (Å²) in [6.45, 7) is 0.953. The molecule has 2 nitrogen and oxygen atoms in total. The second-order valence-corrected chi connectivity index (χ2v) is 4.75. The van der Waals surface area contributed by atoms with Gasteiger partial charge in [0.15, 0.2) is 0 Å². The first kappa shape index (κ1) is 11.5. The van der Waals surface area contributed by atoms with Crippen molar-refractivity contribution in [2.75, 3.05) is 19.0 Å². The van der Waals surface area contributed by atoms with Crippen molar-refractivity contribution in [2.24, 2.45) is 0 Å². The van der Waals surface area contributed by atoms with Gasteiger partial charge in [-0.05, 0) is 32.0 Å². The first-order valence-corrected chi connectivity index (χ1v) is 6.35. The topological polar surface area (TPSA) is 15.3 Å². The summed E-state index contributed by atoms with van der Waals surface area (Å²) in [6, 6.07) is 11.2. The highest BCUT2D eigenvalue weighted by Crippen LogP contribution is 2.21. The molecule has 1 aromatic rings. The van der Waals surface area contributed by atoms with Crippen molar-refractivity contribution in [3.63, 3.8) is 0 Å². The maximum Gasteiger partial charge on any atom is 0.0678 e. The van der Waals surface area contributed by atoms with Gasteiger partial charge in [-0.3, -0.25) is 4.90 Å². The fourth-order valence-electron chi connectivity index (χ4n) is 2.42. The van der Waals surface area contributed by atoms with Gasteiger partial charge in [-0.2, -0.15) is 0 Å².